The van der Waals surface area contributed by atoms with Crippen molar-refractivity contribution in [1.82, 2.24) is 0 Å². The van der Waals surface area contributed by atoms with E-state index in [1.807, 2.05) is 12.1 Å². The molecule has 1 aliphatic rings. The van der Waals surface area contributed by atoms with Gasteiger partial charge in [0.25, 0.3) is 0 Å². The Bertz CT molecular complexity index is 347. The molecule has 0 spiro atoms. The molecular formula is C12H16BrNO. The number of rotatable bonds is 1. The molecule has 1 aliphatic heterocycles. The lowest BCUT2D eigenvalue weighted by Gasteiger charge is -2.35. The van der Waals surface area contributed by atoms with E-state index in [2.05, 4.69) is 46.8 Å². The van der Waals surface area contributed by atoms with E-state index >= 15 is 0 Å². The van der Waals surface area contributed by atoms with Crippen LogP contribution in [0.1, 0.15) is 20.3 Å². The van der Waals surface area contributed by atoms with Crippen molar-refractivity contribution < 1.29 is 5.11 Å². The van der Waals surface area contributed by atoms with Crippen LogP contribution in [-0.4, -0.2) is 23.3 Å². The molecule has 0 aliphatic carbocycles. The van der Waals surface area contributed by atoms with Gasteiger partial charge >= 0.3 is 0 Å². The van der Waals surface area contributed by atoms with E-state index in [4.69, 9.17) is 0 Å². The van der Waals surface area contributed by atoms with Gasteiger partial charge in [0, 0.05) is 16.7 Å². The standard InChI is InChI=1S/C12H16BrNO/c1-12(2)11(15)7-8-14(12)10-5-3-9(13)4-6-10/h3-6,11,15H,7-8H2,1-2H3. The molecular weight excluding hydrogens is 254 g/mol. The van der Waals surface area contributed by atoms with Gasteiger partial charge in [-0.05, 0) is 44.5 Å². The zero-order valence-corrected chi connectivity index (χ0v) is 10.7. The van der Waals surface area contributed by atoms with E-state index in [0.29, 0.717) is 0 Å². The number of aliphatic hydroxyl groups excluding tert-OH is 1. The van der Waals surface area contributed by atoms with Crippen LogP contribution in [-0.2, 0) is 0 Å². The van der Waals surface area contributed by atoms with Crippen LogP contribution in [0.5, 0.6) is 0 Å². The Balaban J connectivity index is 2.28. The van der Waals surface area contributed by atoms with Crippen LogP contribution in [0.25, 0.3) is 0 Å². The summed E-state index contributed by atoms with van der Waals surface area (Å²) in [5, 5.41) is 9.89. The van der Waals surface area contributed by atoms with Crippen LogP contribution in [0.2, 0.25) is 0 Å². The van der Waals surface area contributed by atoms with Crippen molar-refractivity contribution in [1.29, 1.82) is 0 Å². The van der Waals surface area contributed by atoms with Crippen molar-refractivity contribution in [2.45, 2.75) is 31.9 Å². The molecule has 1 aromatic rings. The molecule has 2 nitrogen and oxygen atoms in total. The molecule has 1 fully saturated rings. The normalized spacial score (nSPS) is 24.5. The number of hydrogen-bond acceptors (Lipinski definition) is 2. The number of halogens is 1. The maximum absolute atomic E-state index is 9.89. The second-order valence-electron chi connectivity index (χ2n) is 4.59. The molecule has 0 radical (unpaired) electrons. The molecule has 2 rings (SSSR count). The third-order valence-corrected chi connectivity index (χ3v) is 3.80. The summed E-state index contributed by atoms with van der Waals surface area (Å²) in [6.45, 7) is 5.11. The monoisotopic (exact) mass is 269 g/mol. The molecule has 1 atom stereocenters. The first-order valence-electron chi connectivity index (χ1n) is 5.23. The second kappa shape index (κ2) is 3.80. The fraction of sp³-hybridized carbons (Fsp3) is 0.500. The Kier molecular flexibility index (Phi) is 2.77. The third-order valence-electron chi connectivity index (χ3n) is 3.28. The summed E-state index contributed by atoms with van der Waals surface area (Å²) in [4.78, 5) is 2.27. The fourth-order valence-electron chi connectivity index (χ4n) is 2.16. The zero-order valence-electron chi connectivity index (χ0n) is 9.07. The van der Waals surface area contributed by atoms with E-state index in [0.717, 1.165) is 17.4 Å². The van der Waals surface area contributed by atoms with Crippen LogP contribution >= 0.6 is 15.9 Å². The molecule has 0 bridgehead atoms. The predicted octanol–water partition coefficient (Wildman–Crippen LogP) is 2.80. The lowest BCUT2D eigenvalue weighted by Crippen LogP contribution is -2.45. The van der Waals surface area contributed by atoms with Gasteiger partial charge in [0.15, 0.2) is 0 Å². The number of aliphatic hydroxyl groups is 1. The van der Waals surface area contributed by atoms with Crippen LogP contribution in [0, 0.1) is 0 Å². The maximum Gasteiger partial charge on any atom is 0.0783 e. The lowest BCUT2D eigenvalue weighted by molar-refractivity contribution is 0.127. The highest BCUT2D eigenvalue weighted by Crippen LogP contribution is 2.34. The first-order valence-corrected chi connectivity index (χ1v) is 6.02. The maximum atomic E-state index is 9.89. The minimum Gasteiger partial charge on any atom is -0.391 e. The third kappa shape index (κ3) is 1.91. The summed E-state index contributed by atoms with van der Waals surface area (Å²) in [7, 11) is 0. The Labute approximate surface area is 99.0 Å². The molecule has 82 valence electrons. The van der Waals surface area contributed by atoms with Crippen LogP contribution < -0.4 is 4.90 Å². The van der Waals surface area contributed by atoms with Crippen LogP contribution in [0.3, 0.4) is 0 Å². The molecule has 1 N–H and O–H groups in total. The minimum atomic E-state index is -0.235. The van der Waals surface area contributed by atoms with Crippen LogP contribution in [0.15, 0.2) is 28.7 Å². The zero-order chi connectivity index (χ0) is 11.1. The second-order valence-corrected chi connectivity index (χ2v) is 5.50. The van der Waals surface area contributed by atoms with E-state index in [1.165, 1.54) is 5.69 Å². The van der Waals surface area contributed by atoms with Crippen molar-refractivity contribution in [3.8, 4) is 0 Å². The summed E-state index contributed by atoms with van der Waals surface area (Å²) in [6, 6.07) is 8.25. The van der Waals surface area contributed by atoms with E-state index in [1.54, 1.807) is 0 Å². The lowest BCUT2D eigenvalue weighted by atomic mass is 9.98. The number of nitrogens with zero attached hydrogens (tertiary/aromatic N) is 1. The summed E-state index contributed by atoms with van der Waals surface area (Å²) >= 11 is 3.43. The highest BCUT2D eigenvalue weighted by molar-refractivity contribution is 9.10. The van der Waals surface area contributed by atoms with Gasteiger partial charge in [0.05, 0.1) is 11.6 Å². The van der Waals surface area contributed by atoms with Crippen molar-refractivity contribution in [3.05, 3.63) is 28.7 Å². The first kappa shape index (κ1) is 11.0. The van der Waals surface area contributed by atoms with Gasteiger partial charge in [-0.1, -0.05) is 15.9 Å². The SMILES string of the molecule is CC1(C)C(O)CCN1c1ccc(Br)cc1. The van der Waals surface area contributed by atoms with Gasteiger partial charge in [-0.15, -0.1) is 0 Å². The Hall–Kier alpha value is -0.540. The van der Waals surface area contributed by atoms with E-state index < -0.39 is 0 Å². The molecule has 0 saturated carbocycles. The van der Waals surface area contributed by atoms with Gasteiger partial charge < -0.3 is 10.0 Å². The molecule has 1 aromatic carbocycles. The van der Waals surface area contributed by atoms with Crippen molar-refractivity contribution in [3.63, 3.8) is 0 Å². The molecule has 0 amide bonds. The summed E-state index contributed by atoms with van der Waals surface area (Å²) in [5.41, 5.74) is 1.02. The average molecular weight is 270 g/mol. The molecule has 1 saturated heterocycles. The van der Waals surface area contributed by atoms with E-state index in [-0.39, 0.29) is 11.6 Å². The van der Waals surface area contributed by atoms with Crippen molar-refractivity contribution in [2.75, 3.05) is 11.4 Å². The molecule has 1 unspecified atom stereocenters. The molecule has 1 heterocycles. The smallest absolute Gasteiger partial charge is 0.0783 e. The van der Waals surface area contributed by atoms with Gasteiger partial charge in [-0.3, -0.25) is 0 Å². The number of anilines is 1. The highest BCUT2D eigenvalue weighted by Gasteiger charge is 2.40. The highest BCUT2D eigenvalue weighted by atomic mass is 79.9. The van der Waals surface area contributed by atoms with Gasteiger partial charge in [-0.25, -0.2) is 0 Å². The van der Waals surface area contributed by atoms with Gasteiger partial charge in [-0.2, -0.15) is 0 Å². The molecule has 3 heteroatoms. The van der Waals surface area contributed by atoms with Gasteiger partial charge in [0.1, 0.15) is 0 Å². The Morgan fingerprint density at radius 2 is 1.93 bits per heavy atom. The summed E-state index contributed by atoms with van der Waals surface area (Å²) in [5.74, 6) is 0. The average Bonchev–Trinajstić information content (AvgIpc) is 2.44. The molecule has 15 heavy (non-hydrogen) atoms. The number of benzene rings is 1. The quantitative estimate of drug-likeness (QED) is 0.848. The van der Waals surface area contributed by atoms with Gasteiger partial charge in [0.2, 0.25) is 0 Å². The topological polar surface area (TPSA) is 23.5 Å². The first-order chi connectivity index (χ1) is 7.01. The summed E-state index contributed by atoms with van der Waals surface area (Å²) < 4.78 is 1.09. The van der Waals surface area contributed by atoms with E-state index in [9.17, 15) is 5.11 Å². The minimum absolute atomic E-state index is 0.159. The fourth-order valence-corrected chi connectivity index (χ4v) is 2.42. The van der Waals surface area contributed by atoms with Crippen LogP contribution in [0.4, 0.5) is 5.69 Å². The summed E-state index contributed by atoms with van der Waals surface area (Å²) in [6.07, 6.45) is 0.615. The number of hydrogen-bond donors (Lipinski definition) is 1. The largest absolute Gasteiger partial charge is 0.391 e. The molecule has 0 aromatic heterocycles. The Morgan fingerprint density at radius 1 is 1.33 bits per heavy atom. The predicted molar refractivity (Wildman–Crippen MR) is 66.2 cm³/mol. The van der Waals surface area contributed by atoms with Crippen molar-refractivity contribution >= 4 is 21.6 Å². The Morgan fingerprint density at radius 3 is 2.40 bits per heavy atom. The van der Waals surface area contributed by atoms with Crippen molar-refractivity contribution in [2.24, 2.45) is 0 Å².